The van der Waals surface area contributed by atoms with E-state index in [9.17, 15) is 21.6 Å². The summed E-state index contributed by atoms with van der Waals surface area (Å²) < 4.78 is 59.5. The summed E-state index contributed by atoms with van der Waals surface area (Å²) in [6.45, 7) is 2.99. The van der Waals surface area contributed by atoms with E-state index in [1.807, 2.05) is 0 Å². The van der Waals surface area contributed by atoms with E-state index >= 15 is 0 Å². The van der Waals surface area contributed by atoms with Crippen molar-refractivity contribution < 1.29 is 31.1 Å². The average molecular weight is 377 g/mol. The SMILES string of the molecule is CCOC(=O)C1CN(S(C)(=O)=O)c2cc(S(=O)(=O)CC)ccc2O1. The third-order valence-electron chi connectivity index (χ3n) is 3.49. The predicted octanol–water partition coefficient (Wildman–Crippen LogP) is 0.570. The molecule has 1 aliphatic heterocycles. The van der Waals surface area contributed by atoms with Crippen LogP contribution < -0.4 is 9.04 Å². The molecule has 0 radical (unpaired) electrons. The molecule has 8 nitrogen and oxygen atoms in total. The van der Waals surface area contributed by atoms with Gasteiger partial charge in [0.05, 0.1) is 35.7 Å². The largest absolute Gasteiger partial charge is 0.475 e. The van der Waals surface area contributed by atoms with E-state index in [2.05, 4.69) is 0 Å². The molecule has 0 saturated carbocycles. The molecule has 0 fully saturated rings. The molecule has 1 aromatic carbocycles. The lowest BCUT2D eigenvalue weighted by molar-refractivity contribution is -0.151. The maximum Gasteiger partial charge on any atom is 0.349 e. The molecule has 0 amide bonds. The Hall–Kier alpha value is -1.81. The third kappa shape index (κ3) is 3.64. The molecule has 24 heavy (non-hydrogen) atoms. The van der Waals surface area contributed by atoms with Gasteiger partial charge in [-0.1, -0.05) is 6.92 Å². The standard InChI is InChI=1S/C14H19NO7S2/c1-4-21-14(16)13-9-15(23(3,17)18)11-8-10(24(19,20)5-2)6-7-12(11)22-13/h6-8,13H,4-5,9H2,1-3H3. The first-order valence-corrected chi connectivity index (χ1v) is 10.8. The molecule has 0 bridgehead atoms. The number of benzene rings is 1. The van der Waals surface area contributed by atoms with Crippen molar-refractivity contribution in [1.82, 2.24) is 0 Å². The van der Waals surface area contributed by atoms with E-state index in [1.165, 1.54) is 25.1 Å². The van der Waals surface area contributed by atoms with Gasteiger partial charge in [-0.3, -0.25) is 4.31 Å². The molecule has 1 atom stereocenters. The summed E-state index contributed by atoms with van der Waals surface area (Å²) in [7, 11) is -7.25. The van der Waals surface area contributed by atoms with Gasteiger partial charge in [-0.2, -0.15) is 0 Å². The smallest absolute Gasteiger partial charge is 0.349 e. The van der Waals surface area contributed by atoms with Gasteiger partial charge in [-0.15, -0.1) is 0 Å². The Morgan fingerprint density at radius 1 is 1.29 bits per heavy atom. The molecule has 0 N–H and O–H groups in total. The number of sulfone groups is 1. The van der Waals surface area contributed by atoms with Gasteiger partial charge in [0.15, 0.2) is 9.84 Å². The summed E-state index contributed by atoms with van der Waals surface area (Å²) >= 11 is 0. The molecule has 134 valence electrons. The number of hydrogen-bond acceptors (Lipinski definition) is 7. The van der Waals surface area contributed by atoms with Gasteiger partial charge < -0.3 is 9.47 Å². The zero-order valence-corrected chi connectivity index (χ0v) is 15.2. The molecule has 10 heteroatoms. The fraction of sp³-hybridized carbons (Fsp3) is 0.500. The zero-order valence-electron chi connectivity index (χ0n) is 13.6. The Bertz CT molecular complexity index is 846. The lowest BCUT2D eigenvalue weighted by Crippen LogP contribution is -2.47. The zero-order chi connectivity index (χ0) is 18.1. The van der Waals surface area contributed by atoms with Gasteiger partial charge in [0, 0.05) is 0 Å². The monoisotopic (exact) mass is 377 g/mol. The maximum atomic E-state index is 12.1. The minimum atomic E-state index is -3.74. The number of hydrogen-bond donors (Lipinski definition) is 0. The fourth-order valence-electron chi connectivity index (χ4n) is 2.26. The summed E-state index contributed by atoms with van der Waals surface area (Å²) in [6, 6.07) is 3.92. The molecule has 1 aliphatic rings. The first-order valence-electron chi connectivity index (χ1n) is 7.28. The number of esters is 1. The van der Waals surface area contributed by atoms with Crippen LogP contribution in [0.15, 0.2) is 23.1 Å². The van der Waals surface area contributed by atoms with E-state index in [-0.39, 0.29) is 35.2 Å². The Morgan fingerprint density at radius 3 is 2.50 bits per heavy atom. The van der Waals surface area contributed by atoms with E-state index < -0.39 is 31.9 Å². The Labute approximate surface area is 141 Å². The average Bonchev–Trinajstić information content (AvgIpc) is 2.52. The number of fused-ring (bicyclic) bond motifs is 1. The number of carbonyl (C=O) groups excluding carboxylic acids is 1. The van der Waals surface area contributed by atoms with E-state index in [4.69, 9.17) is 9.47 Å². The number of carbonyl (C=O) groups is 1. The Kier molecular flexibility index (Phi) is 5.09. The Balaban J connectivity index is 2.53. The minimum Gasteiger partial charge on any atom is -0.475 e. The lowest BCUT2D eigenvalue weighted by Gasteiger charge is -2.33. The molecular weight excluding hydrogens is 358 g/mol. The molecule has 0 aromatic heterocycles. The topological polar surface area (TPSA) is 107 Å². The summed E-state index contributed by atoms with van der Waals surface area (Å²) in [5.74, 6) is -0.682. The molecule has 1 unspecified atom stereocenters. The second-order valence-corrected chi connectivity index (χ2v) is 9.37. The first-order chi connectivity index (χ1) is 11.1. The maximum absolute atomic E-state index is 12.1. The minimum absolute atomic E-state index is 0.00409. The van der Waals surface area contributed by atoms with Gasteiger partial charge in [-0.25, -0.2) is 21.6 Å². The van der Waals surface area contributed by atoms with Crippen LogP contribution in [0.25, 0.3) is 0 Å². The van der Waals surface area contributed by atoms with Crippen molar-refractivity contribution in [2.45, 2.75) is 24.8 Å². The number of anilines is 1. The van der Waals surface area contributed by atoms with Gasteiger partial charge in [0.2, 0.25) is 16.1 Å². The highest BCUT2D eigenvalue weighted by Gasteiger charge is 2.36. The van der Waals surface area contributed by atoms with Crippen LogP contribution in [0.3, 0.4) is 0 Å². The van der Waals surface area contributed by atoms with E-state index in [0.29, 0.717) is 0 Å². The normalized spacial score (nSPS) is 17.8. The van der Waals surface area contributed by atoms with Gasteiger partial charge in [0.25, 0.3) is 0 Å². The molecule has 0 aliphatic carbocycles. The van der Waals surface area contributed by atoms with Gasteiger partial charge in [-0.05, 0) is 25.1 Å². The summed E-state index contributed by atoms with van der Waals surface area (Å²) in [6.07, 6.45) is -0.133. The summed E-state index contributed by atoms with van der Waals surface area (Å²) in [5.41, 5.74) is 0.0903. The van der Waals surface area contributed by atoms with Crippen molar-refractivity contribution >= 4 is 31.5 Å². The van der Waals surface area contributed by atoms with Crippen LogP contribution in [-0.4, -0.2) is 54.1 Å². The fourth-order valence-corrected chi connectivity index (χ4v) is 4.07. The molecular formula is C14H19NO7S2. The molecule has 1 heterocycles. The van der Waals surface area contributed by atoms with Crippen LogP contribution in [-0.2, 0) is 29.4 Å². The number of ether oxygens (including phenoxy) is 2. The van der Waals surface area contributed by atoms with Crippen LogP contribution in [0.1, 0.15) is 13.8 Å². The van der Waals surface area contributed by atoms with Gasteiger partial charge in [0.1, 0.15) is 5.75 Å². The Morgan fingerprint density at radius 2 is 1.96 bits per heavy atom. The molecule has 0 saturated heterocycles. The number of rotatable bonds is 5. The summed E-state index contributed by atoms with van der Waals surface area (Å²) in [5, 5.41) is 0. The highest BCUT2D eigenvalue weighted by Crippen LogP contribution is 2.37. The van der Waals surface area contributed by atoms with Crippen molar-refractivity contribution in [1.29, 1.82) is 0 Å². The predicted molar refractivity (Wildman–Crippen MR) is 87.4 cm³/mol. The van der Waals surface area contributed by atoms with Crippen LogP contribution >= 0.6 is 0 Å². The number of sulfonamides is 1. The molecule has 2 rings (SSSR count). The van der Waals surface area contributed by atoms with Crippen LogP contribution in [0, 0.1) is 0 Å². The van der Waals surface area contributed by atoms with Crippen molar-refractivity contribution in [3.05, 3.63) is 18.2 Å². The van der Waals surface area contributed by atoms with E-state index in [0.717, 1.165) is 10.6 Å². The quantitative estimate of drug-likeness (QED) is 0.690. The van der Waals surface area contributed by atoms with Crippen LogP contribution in [0.4, 0.5) is 5.69 Å². The van der Waals surface area contributed by atoms with Crippen LogP contribution in [0.5, 0.6) is 5.75 Å². The van der Waals surface area contributed by atoms with Crippen molar-refractivity contribution in [2.24, 2.45) is 0 Å². The van der Waals surface area contributed by atoms with Gasteiger partial charge >= 0.3 is 5.97 Å². The second kappa shape index (κ2) is 6.60. The first kappa shape index (κ1) is 18.5. The third-order valence-corrected chi connectivity index (χ3v) is 6.37. The molecule has 1 aromatic rings. The highest BCUT2D eigenvalue weighted by molar-refractivity contribution is 7.92. The highest BCUT2D eigenvalue weighted by atomic mass is 32.2. The van der Waals surface area contributed by atoms with Crippen LogP contribution in [0.2, 0.25) is 0 Å². The molecule has 0 spiro atoms. The van der Waals surface area contributed by atoms with Crippen molar-refractivity contribution in [3.63, 3.8) is 0 Å². The lowest BCUT2D eigenvalue weighted by atomic mass is 10.2. The number of nitrogens with zero attached hydrogens (tertiary/aromatic N) is 1. The summed E-state index contributed by atoms with van der Waals surface area (Å²) in [4.78, 5) is 11.9. The van der Waals surface area contributed by atoms with Crippen molar-refractivity contribution in [3.8, 4) is 5.75 Å². The van der Waals surface area contributed by atoms with Crippen molar-refractivity contribution in [2.75, 3.05) is 29.5 Å². The van der Waals surface area contributed by atoms with E-state index in [1.54, 1.807) is 6.92 Å². The second-order valence-electron chi connectivity index (χ2n) is 5.19.